The fourth-order valence-electron chi connectivity index (χ4n) is 1.97. The predicted molar refractivity (Wildman–Crippen MR) is 77.0 cm³/mol. The number of alkyl halides is 1. The Kier molecular flexibility index (Phi) is 4.31. The SMILES string of the molecule is NC(=O)c1cc2ccccc2c(CCCCBr)n1. The fourth-order valence-corrected chi connectivity index (χ4v) is 2.37. The molecule has 0 fully saturated rings. The second-order valence-electron chi connectivity index (χ2n) is 4.19. The summed E-state index contributed by atoms with van der Waals surface area (Å²) < 4.78 is 0. The van der Waals surface area contributed by atoms with Crippen LogP contribution in [-0.4, -0.2) is 16.2 Å². The van der Waals surface area contributed by atoms with E-state index in [2.05, 4.69) is 20.9 Å². The van der Waals surface area contributed by atoms with Crippen LogP contribution in [0.5, 0.6) is 0 Å². The molecule has 94 valence electrons. The molecule has 0 spiro atoms. The molecular weight excluding hydrogens is 292 g/mol. The summed E-state index contributed by atoms with van der Waals surface area (Å²) in [5, 5.41) is 3.12. The number of fused-ring (bicyclic) bond motifs is 1. The number of carbonyl (C=O) groups excluding carboxylic acids is 1. The van der Waals surface area contributed by atoms with Gasteiger partial charge in [0.15, 0.2) is 0 Å². The standard InChI is InChI=1S/C14H15BrN2O/c15-8-4-3-7-12-11-6-2-1-5-10(11)9-13(17-12)14(16)18/h1-2,5-6,9H,3-4,7-8H2,(H2,16,18). The van der Waals surface area contributed by atoms with Crippen molar-refractivity contribution in [1.29, 1.82) is 0 Å². The van der Waals surface area contributed by atoms with E-state index in [9.17, 15) is 4.79 Å². The van der Waals surface area contributed by atoms with Crippen molar-refractivity contribution in [3.05, 3.63) is 41.7 Å². The second kappa shape index (κ2) is 5.96. The van der Waals surface area contributed by atoms with E-state index in [1.165, 1.54) is 0 Å². The molecule has 1 aromatic carbocycles. The molecule has 2 rings (SSSR count). The van der Waals surface area contributed by atoms with E-state index in [-0.39, 0.29) is 0 Å². The zero-order chi connectivity index (χ0) is 13.0. The van der Waals surface area contributed by atoms with Gasteiger partial charge in [-0.2, -0.15) is 0 Å². The molecular formula is C14H15BrN2O. The zero-order valence-corrected chi connectivity index (χ0v) is 11.6. The molecule has 4 heteroatoms. The summed E-state index contributed by atoms with van der Waals surface area (Å²) in [5.74, 6) is -0.470. The Balaban J connectivity index is 2.43. The van der Waals surface area contributed by atoms with Crippen LogP contribution in [0.1, 0.15) is 29.0 Å². The first-order valence-corrected chi connectivity index (χ1v) is 7.09. The Hall–Kier alpha value is -1.42. The molecule has 1 amide bonds. The number of nitrogens with two attached hydrogens (primary N) is 1. The quantitative estimate of drug-likeness (QED) is 0.682. The minimum absolute atomic E-state index is 0.350. The van der Waals surface area contributed by atoms with Crippen molar-refractivity contribution < 1.29 is 4.79 Å². The maximum Gasteiger partial charge on any atom is 0.267 e. The number of nitrogens with zero attached hydrogens (tertiary/aromatic N) is 1. The van der Waals surface area contributed by atoms with Crippen molar-refractivity contribution in [3.63, 3.8) is 0 Å². The molecule has 1 heterocycles. The molecule has 0 aliphatic rings. The van der Waals surface area contributed by atoms with E-state index in [0.29, 0.717) is 5.69 Å². The van der Waals surface area contributed by atoms with E-state index in [4.69, 9.17) is 5.73 Å². The normalized spacial score (nSPS) is 10.7. The highest BCUT2D eigenvalue weighted by atomic mass is 79.9. The lowest BCUT2D eigenvalue weighted by atomic mass is 10.0. The molecule has 0 radical (unpaired) electrons. The Morgan fingerprint density at radius 2 is 2.06 bits per heavy atom. The maximum atomic E-state index is 11.3. The highest BCUT2D eigenvalue weighted by molar-refractivity contribution is 9.09. The molecule has 0 unspecified atom stereocenters. The van der Waals surface area contributed by atoms with Crippen LogP contribution in [0.4, 0.5) is 0 Å². The number of amides is 1. The number of aryl methyl sites for hydroxylation is 1. The van der Waals surface area contributed by atoms with Crippen LogP contribution in [0.2, 0.25) is 0 Å². The van der Waals surface area contributed by atoms with Crippen LogP contribution in [0, 0.1) is 0 Å². The molecule has 0 aliphatic carbocycles. The average molecular weight is 307 g/mol. The van der Waals surface area contributed by atoms with Gasteiger partial charge in [-0.15, -0.1) is 0 Å². The molecule has 1 aromatic heterocycles. The van der Waals surface area contributed by atoms with Gasteiger partial charge in [-0.25, -0.2) is 4.98 Å². The smallest absolute Gasteiger partial charge is 0.267 e. The van der Waals surface area contributed by atoms with Gasteiger partial charge < -0.3 is 5.73 Å². The van der Waals surface area contributed by atoms with Crippen molar-refractivity contribution in [1.82, 2.24) is 4.98 Å². The minimum Gasteiger partial charge on any atom is -0.364 e. The summed E-state index contributed by atoms with van der Waals surface area (Å²) in [5.41, 5.74) is 6.63. The van der Waals surface area contributed by atoms with Gasteiger partial charge in [0.25, 0.3) is 5.91 Å². The molecule has 0 saturated heterocycles. The number of aromatic nitrogens is 1. The Morgan fingerprint density at radius 3 is 2.78 bits per heavy atom. The Labute approximate surface area is 115 Å². The molecule has 2 N–H and O–H groups in total. The van der Waals surface area contributed by atoms with Gasteiger partial charge in [0, 0.05) is 16.4 Å². The molecule has 0 saturated carbocycles. The van der Waals surface area contributed by atoms with Crippen LogP contribution < -0.4 is 5.73 Å². The third-order valence-electron chi connectivity index (χ3n) is 2.87. The first-order chi connectivity index (χ1) is 8.72. The summed E-state index contributed by atoms with van der Waals surface area (Å²) in [4.78, 5) is 15.7. The van der Waals surface area contributed by atoms with E-state index >= 15 is 0 Å². The molecule has 0 bridgehead atoms. The molecule has 3 nitrogen and oxygen atoms in total. The summed E-state index contributed by atoms with van der Waals surface area (Å²) in [7, 11) is 0. The number of halogens is 1. The summed E-state index contributed by atoms with van der Waals surface area (Å²) in [6.45, 7) is 0. The van der Waals surface area contributed by atoms with Crippen LogP contribution in [0.25, 0.3) is 10.8 Å². The molecule has 2 aromatic rings. The maximum absolute atomic E-state index is 11.3. The lowest BCUT2D eigenvalue weighted by Crippen LogP contribution is -2.14. The van der Waals surface area contributed by atoms with Gasteiger partial charge in [-0.3, -0.25) is 4.79 Å². The largest absolute Gasteiger partial charge is 0.364 e. The van der Waals surface area contributed by atoms with E-state index < -0.39 is 5.91 Å². The summed E-state index contributed by atoms with van der Waals surface area (Å²) in [6, 6.07) is 9.72. The summed E-state index contributed by atoms with van der Waals surface area (Å²) in [6.07, 6.45) is 3.01. The van der Waals surface area contributed by atoms with Crippen LogP contribution in [0.15, 0.2) is 30.3 Å². The Bertz CT molecular complexity index is 569. The zero-order valence-electron chi connectivity index (χ0n) is 10.0. The van der Waals surface area contributed by atoms with Crippen molar-refractivity contribution in [2.75, 3.05) is 5.33 Å². The van der Waals surface area contributed by atoms with E-state index in [0.717, 1.165) is 41.1 Å². The van der Waals surface area contributed by atoms with E-state index in [1.807, 2.05) is 24.3 Å². The first kappa shape index (κ1) is 13.0. The highest BCUT2D eigenvalue weighted by Gasteiger charge is 2.09. The molecule has 0 aliphatic heterocycles. The van der Waals surface area contributed by atoms with E-state index in [1.54, 1.807) is 6.07 Å². The predicted octanol–water partition coefficient (Wildman–Crippen LogP) is 3.05. The van der Waals surface area contributed by atoms with Crippen LogP contribution in [0.3, 0.4) is 0 Å². The third kappa shape index (κ3) is 2.88. The van der Waals surface area contributed by atoms with Gasteiger partial charge >= 0.3 is 0 Å². The van der Waals surface area contributed by atoms with Crippen molar-refractivity contribution >= 4 is 32.6 Å². The van der Waals surface area contributed by atoms with Crippen molar-refractivity contribution in [2.24, 2.45) is 5.73 Å². The molecule has 0 atom stereocenters. The van der Waals surface area contributed by atoms with Gasteiger partial charge in [-0.05, 0) is 30.7 Å². The number of pyridine rings is 1. The number of carbonyl (C=O) groups is 1. The van der Waals surface area contributed by atoms with Gasteiger partial charge in [0.1, 0.15) is 5.69 Å². The van der Waals surface area contributed by atoms with Crippen molar-refractivity contribution in [2.45, 2.75) is 19.3 Å². The second-order valence-corrected chi connectivity index (χ2v) is 4.98. The monoisotopic (exact) mass is 306 g/mol. The van der Waals surface area contributed by atoms with Gasteiger partial charge in [0.05, 0.1) is 0 Å². The topological polar surface area (TPSA) is 56.0 Å². The Morgan fingerprint density at radius 1 is 1.28 bits per heavy atom. The van der Waals surface area contributed by atoms with Crippen LogP contribution in [-0.2, 0) is 6.42 Å². The number of hydrogen-bond acceptors (Lipinski definition) is 2. The van der Waals surface area contributed by atoms with Crippen LogP contribution >= 0.6 is 15.9 Å². The number of benzene rings is 1. The average Bonchev–Trinajstić information content (AvgIpc) is 2.38. The van der Waals surface area contributed by atoms with Gasteiger partial charge in [0.2, 0.25) is 0 Å². The third-order valence-corrected chi connectivity index (χ3v) is 3.43. The first-order valence-electron chi connectivity index (χ1n) is 5.97. The van der Waals surface area contributed by atoms with Gasteiger partial charge in [-0.1, -0.05) is 40.2 Å². The lowest BCUT2D eigenvalue weighted by Gasteiger charge is -2.07. The number of unbranched alkanes of at least 4 members (excludes halogenated alkanes) is 1. The lowest BCUT2D eigenvalue weighted by molar-refractivity contribution is 0.0995. The molecule has 18 heavy (non-hydrogen) atoms. The minimum atomic E-state index is -0.470. The highest BCUT2D eigenvalue weighted by Crippen LogP contribution is 2.20. The fraction of sp³-hybridized carbons (Fsp3) is 0.286. The van der Waals surface area contributed by atoms with Crippen molar-refractivity contribution in [3.8, 4) is 0 Å². The number of primary amides is 1. The number of hydrogen-bond donors (Lipinski definition) is 1. The summed E-state index contributed by atoms with van der Waals surface area (Å²) >= 11 is 3.42. The number of rotatable bonds is 5.